The van der Waals surface area contributed by atoms with Crippen LogP contribution in [0.2, 0.25) is 0 Å². The molecule has 7 heteroatoms. The van der Waals surface area contributed by atoms with Gasteiger partial charge in [-0.2, -0.15) is 0 Å². The third-order valence-corrected chi connectivity index (χ3v) is 4.97. The van der Waals surface area contributed by atoms with Crippen molar-refractivity contribution in [2.24, 2.45) is 0 Å². The summed E-state index contributed by atoms with van der Waals surface area (Å²) in [6, 6.07) is 2.58. The summed E-state index contributed by atoms with van der Waals surface area (Å²) in [5.41, 5.74) is 4.22. The summed E-state index contributed by atoms with van der Waals surface area (Å²) in [6.45, 7) is 2.12. The number of nitrogens with zero attached hydrogens (tertiary/aromatic N) is 6. The standard InChI is InChI=1S/C18H19N7/c1-2-14-9-21-18-20-8-12(11-24(14)18)15-6-7-25-16(15)10-19-17(23-25)22-13-4-3-5-13/h6-11,13H,2-5H2,1H3,(H,22,23). The number of fused-ring (bicyclic) bond motifs is 2. The summed E-state index contributed by atoms with van der Waals surface area (Å²) in [7, 11) is 0. The molecule has 126 valence electrons. The van der Waals surface area contributed by atoms with Crippen molar-refractivity contribution in [2.45, 2.75) is 38.6 Å². The van der Waals surface area contributed by atoms with Gasteiger partial charge >= 0.3 is 0 Å². The van der Waals surface area contributed by atoms with E-state index in [0.29, 0.717) is 12.0 Å². The molecule has 0 radical (unpaired) electrons. The SMILES string of the molecule is CCc1cnc2ncc(-c3ccn4nc(NC5CCC5)ncc34)cn12. The Morgan fingerprint density at radius 3 is 2.84 bits per heavy atom. The molecule has 4 aromatic heterocycles. The van der Waals surface area contributed by atoms with Crippen molar-refractivity contribution in [2.75, 3.05) is 5.32 Å². The normalized spacial score (nSPS) is 14.9. The van der Waals surface area contributed by atoms with Gasteiger partial charge in [-0.1, -0.05) is 6.92 Å². The molecule has 5 rings (SSSR count). The van der Waals surface area contributed by atoms with Crippen molar-refractivity contribution in [1.29, 1.82) is 0 Å². The molecule has 0 aliphatic heterocycles. The molecule has 1 aliphatic rings. The van der Waals surface area contributed by atoms with Crippen molar-refractivity contribution in [3.63, 3.8) is 0 Å². The summed E-state index contributed by atoms with van der Waals surface area (Å²) in [4.78, 5) is 13.3. The molecule has 1 N–H and O–H groups in total. The quantitative estimate of drug-likeness (QED) is 0.621. The maximum absolute atomic E-state index is 4.58. The molecule has 0 atom stereocenters. The van der Waals surface area contributed by atoms with E-state index in [0.717, 1.165) is 34.5 Å². The summed E-state index contributed by atoms with van der Waals surface area (Å²) in [6.07, 6.45) is 14.3. The van der Waals surface area contributed by atoms with E-state index in [9.17, 15) is 0 Å². The number of aryl methyl sites for hydroxylation is 1. The molecule has 4 aromatic rings. The van der Waals surface area contributed by atoms with Gasteiger partial charge in [0, 0.05) is 41.5 Å². The van der Waals surface area contributed by atoms with Gasteiger partial charge in [-0.15, -0.1) is 5.10 Å². The van der Waals surface area contributed by atoms with E-state index < -0.39 is 0 Å². The third-order valence-electron chi connectivity index (χ3n) is 4.97. The fourth-order valence-corrected chi connectivity index (χ4v) is 3.27. The molecule has 0 bridgehead atoms. The molecule has 4 heterocycles. The number of nitrogens with one attached hydrogen (secondary N) is 1. The van der Waals surface area contributed by atoms with Crippen LogP contribution in [-0.2, 0) is 6.42 Å². The van der Waals surface area contributed by atoms with Gasteiger partial charge in [0.25, 0.3) is 0 Å². The minimum atomic E-state index is 0.521. The molecule has 1 aliphatic carbocycles. The number of hydrogen-bond acceptors (Lipinski definition) is 5. The molecular formula is C18H19N7. The highest BCUT2D eigenvalue weighted by molar-refractivity contribution is 5.79. The largest absolute Gasteiger partial charge is 0.350 e. The van der Waals surface area contributed by atoms with Crippen molar-refractivity contribution in [3.8, 4) is 11.1 Å². The first-order valence-corrected chi connectivity index (χ1v) is 8.75. The lowest BCUT2D eigenvalue weighted by atomic mass is 9.93. The third kappa shape index (κ3) is 2.34. The second-order valence-corrected chi connectivity index (χ2v) is 6.53. The van der Waals surface area contributed by atoms with Crippen LogP contribution in [0.5, 0.6) is 0 Å². The summed E-state index contributed by atoms with van der Waals surface area (Å²) >= 11 is 0. The molecule has 7 nitrogen and oxygen atoms in total. The summed E-state index contributed by atoms with van der Waals surface area (Å²) in [5, 5.41) is 7.97. The van der Waals surface area contributed by atoms with Gasteiger partial charge in [0.1, 0.15) is 0 Å². The van der Waals surface area contributed by atoms with Crippen LogP contribution in [0.4, 0.5) is 5.95 Å². The first-order chi connectivity index (χ1) is 12.3. The number of imidazole rings is 1. The van der Waals surface area contributed by atoms with Crippen LogP contribution in [0.3, 0.4) is 0 Å². The van der Waals surface area contributed by atoms with Crippen LogP contribution in [0.1, 0.15) is 31.9 Å². The van der Waals surface area contributed by atoms with Gasteiger partial charge < -0.3 is 5.32 Å². The van der Waals surface area contributed by atoms with Crippen LogP contribution in [0.15, 0.2) is 37.1 Å². The molecule has 1 fully saturated rings. The van der Waals surface area contributed by atoms with E-state index in [-0.39, 0.29) is 0 Å². The second-order valence-electron chi connectivity index (χ2n) is 6.53. The van der Waals surface area contributed by atoms with Crippen molar-refractivity contribution < 1.29 is 0 Å². The first kappa shape index (κ1) is 14.4. The zero-order chi connectivity index (χ0) is 16.8. The molecule has 0 unspecified atom stereocenters. The Morgan fingerprint density at radius 2 is 2.04 bits per heavy atom. The zero-order valence-corrected chi connectivity index (χ0v) is 14.1. The maximum atomic E-state index is 4.58. The molecule has 1 saturated carbocycles. The molecular weight excluding hydrogens is 314 g/mol. The molecule has 0 spiro atoms. The minimum Gasteiger partial charge on any atom is -0.350 e. The fourth-order valence-electron chi connectivity index (χ4n) is 3.27. The topological polar surface area (TPSA) is 72.4 Å². The van der Waals surface area contributed by atoms with E-state index in [1.54, 1.807) is 0 Å². The van der Waals surface area contributed by atoms with Crippen LogP contribution >= 0.6 is 0 Å². The lowest BCUT2D eigenvalue weighted by molar-refractivity contribution is 0.442. The van der Waals surface area contributed by atoms with Gasteiger partial charge in [-0.3, -0.25) is 4.40 Å². The zero-order valence-electron chi connectivity index (χ0n) is 14.1. The van der Waals surface area contributed by atoms with Crippen LogP contribution in [-0.4, -0.2) is 35.0 Å². The van der Waals surface area contributed by atoms with Crippen LogP contribution in [0, 0.1) is 0 Å². The van der Waals surface area contributed by atoms with Crippen LogP contribution < -0.4 is 5.32 Å². The van der Waals surface area contributed by atoms with E-state index in [2.05, 4.69) is 44.6 Å². The smallest absolute Gasteiger partial charge is 0.241 e. The van der Waals surface area contributed by atoms with Crippen molar-refractivity contribution in [1.82, 2.24) is 29.0 Å². The average molecular weight is 333 g/mol. The van der Waals surface area contributed by atoms with E-state index in [4.69, 9.17) is 0 Å². The Hall–Kier alpha value is -2.96. The monoisotopic (exact) mass is 333 g/mol. The first-order valence-electron chi connectivity index (χ1n) is 8.75. The summed E-state index contributed by atoms with van der Waals surface area (Å²) < 4.78 is 3.92. The summed E-state index contributed by atoms with van der Waals surface area (Å²) in [5.74, 6) is 1.42. The highest BCUT2D eigenvalue weighted by Crippen LogP contribution is 2.26. The van der Waals surface area contributed by atoms with Crippen LogP contribution in [0.25, 0.3) is 22.4 Å². The Morgan fingerprint density at radius 1 is 1.16 bits per heavy atom. The Labute approximate surface area is 144 Å². The predicted octanol–water partition coefficient (Wildman–Crippen LogP) is 2.97. The second kappa shape index (κ2) is 5.54. The maximum Gasteiger partial charge on any atom is 0.241 e. The highest BCUT2D eigenvalue weighted by atomic mass is 15.3. The number of hydrogen-bond donors (Lipinski definition) is 1. The number of aromatic nitrogens is 6. The number of rotatable bonds is 4. The Kier molecular flexibility index (Phi) is 3.19. The van der Waals surface area contributed by atoms with E-state index in [1.807, 2.05) is 33.7 Å². The minimum absolute atomic E-state index is 0.521. The van der Waals surface area contributed by atoms with Gasteiger partial charge in [0.05, 0.1) is 17.9 Å². The van der Waals surface area contributed by atoms with Gasteiger partial charge in [0.15, 0.2) is 0 Å². The average Bonchev–Trinajstić information content (AvgIpc) is 3.20. The molecule has 25 heavy (non-hydrogen) atoms. The van der Waals surface area contributed by atoms with E-state index >= 15 is 0 Å². The van der Waals surface area contributed by atoms with Gasteiger partial charge in [-0.25, -0.2) is 19.5 Å². The van der Waals surface area contributed by atoms with Gasteiger partial charge in [-0.05, 0) is 31.7 Å². The Bertz CT molecular complexity index is 1060. The fraction of sp³-hybridized carbons (Fsp3) is 0.333. The Balaban J connectivity index is 1.55. The van der Waals surface area contributed by atoms with Crippen molar-refractivity contribution in [3.05, 3.63) is 42.7 Å². The van der Waals surface area contributed by atoms with Crippen molar-refractivity contribution >= 4 is 17.2 Å². The number of anilines is 1. The lowest BCUT2D eigenvalue weighted by Gasteiger charge is -2.26. The highest BCUT2D eigenvalue weighted by Gasteiger charge is 2.18. The lowest BCUT2D eigenvalue weighted by Crippen LogP contribution is -2.28. The van der Waals surface area contributed by atoms with Gasteiger partial charge in [0.2, 0.25) is 11.7 Å². The molecule has 0 saturated heterocycles. The molecule has 0 amide bonds. The predicted molar refractivity (Wildman–Crippen MR) is 95.6 cm³/mol. The molecule has 0 aromatic carbocycles. The van der Waals surface area contributed by atoms with E-state index in [1.165, 1.54) is 19.3 Å².